The van der Waals surface area contributed by atoms with Gasteiger partial charge in [-0.3, -0.25) is 0 Å². The van der Waals surface area contributed by atoms with Crippen LogP contribution in [0.25, 0.3) is 0 Å². The number of nitrogens with one attached hydrogen (secondary N) is 1. The zero-order valence-electron chi connectivity index (χ0n) is 15.6. The Morgan fingerprint density at radius 3 is 2.92 bits per heavy atom. The Kier molecular flexibility index (Phi) is 7.14. The van der Waals surface area contributed by atoms with E-state index in [2.05, 4.69) is 33.4 Å². The second-order valence-electron chi connectivity index (χ2n) is 6.72. The van der Waals surface area contributed by atoms with Crippen molar-refractivity contribution in [2.45, 2.75) is 32.7 Å². The predicted octanol–water partition coefficient (Wildman–Crippen LogP) is 3.55. The summed E-state index contributed by atoms with van der Waals surface area (Å²) >= 11 is 0. The summed E-state index contributed by atoms with van der Waals surface area (Å²) < 4.78 is 11.0. The van der Waals surface area contributed by atoms with Gasteiger partial charge < -0.3 is 19.7 Å². The maximum atomic E-state index is 5.55. The van der Waals surface area contributed by atoms with Gasteiger partial charge in [-0.25, -0.2) is 4.98 Å². The average Bonchev–Trinajstić information content (AvgIpc) is 2.68. The fourth-order valence-corrected chi connectivity index (χ4v) is 3.13. The van der Waals surface area contributed by atoms with Crippen molar-refractivity contribution in [2.75, 3.05) is 37.7 Å². The molecule has 5 nitrogen and oxygen atoms in total. The Balaban J connectivity index is 1.53. The Labute approximate surface area is 156 Å². The summed E-state index contributed by atoms with van der Waals surface area (Å²) in [4.78, 5) is 6.94. The molecule has 2 aliphatic rings. The number of allylic oxidation sites excluding steroid dienone is 3. The van der Waals surface area contributed by atoms with E-state index in [0.29, 0.717) is 13.2 Å². The Morgan fingerprint density at radius 2 is 2.04 bits per heavy atom. The molecule has 5 heteroatoms. The first-order chi connectivity index (χ1) is 12.8. The van der Waals surface area contributed by atoms with Gasteiger partial charge in [-0.15, -0.1) is 0 Å². The number of ether oxygens (including phenoxy) is 2. The van der Waals surface area contributed by atoms with Gasteiger partial charge in [-0.2, -0.15) is 0 Å². The normalized spacial score (nSPS) is 23.7. The number of piperidine rings is 1. The number of aromatic nitrogens is 1. The van der Waals surface area contributed by atoms with Gasteiger partial charge in [0, 0.05) is 37.9 Å². The number of hydrogen-bond donors (Lipinski definition) is 1. The number of rotatable bonds is 5. The summed E-state index contributed by atoms with van der Waals surface area (Å²) in [6.07, 6.45) is 13.6. The van der Waals surface area contributed by atoms with Gasteiger partial charge in [-0.1, -0.05) is 12.2 Å². The zero-order valence-corrected chi connectivity index (χ0v) is 15.6. The van der Waals surface area contributed by atoms with Crippen molar-refractivity contribution in [3.63, 3.8) is 0 Å². The lowest BCUT2D eigenvalue weighted by molar-refractivity contribution is 0.132. The van der Waals surface area contributed by atoms with Crippen molar-refractivity contribution >= 4 is 5.82 Å². The van der Waals surface area contributed by atoms with E-state index in [4.69, 9.17) is 9.47 Å². The molecule has 1 saturated heterocycles. The van der Waals surface area contributed by atoms with Crippen molar-refractivity contribution < 1.29 is 9.47 Å². The van der Waals surface area contributed by atoms with Crippen molar-refractivity contribution in [3.05, 3.63) is 59.7 Å². The minimum atomic E-state index is 0.562. The molecule has 0 aliphatic carbocycles. The summed E-state index contributed by atoms with van der Waals surface area (Å²) in [6.45, 7) is 6.90. The van der Waals surface area contributed by atoms with Crippen molar-refractivity contribution in [2.24, 2.45) is 0 Å². The van der Waals surface area contributed by atoms with E-state index in [1.54, 1.807) is 0 Å². The molecular formula is C21H29N3O2. The third-order valence-electron chi connectivity index (χ3n) is 4.56. The lowest BCUT2D eigenvalue weighted by Gasteiger charge is -2.27. The highest BCUT2D eigenvalue weighted by molar-refractivity contribution is 5.41. The molecule has 1 fully saturated rings. The van der Waals surface area contributed by atoms with Crippen LogP contribution >= 0.6 is 0 Å². The highest BCUT2D eigenvalue weighted by Crippen LogP contribution is 2.18. The molecule has 0 unspecified atom stereocenters. The van der Waals surface area contributed by atoms with Crippen molar-refractivity contribution in [1.82, 2.24) is 10.3 Å². The van der Waals surface area contributed by atoms with Crippen LogP contribution in [0.15, 0.2) is 54.2 Å². The molecule has 1 aromatic rings. The SMILES string of the molecule is C\C1=C/C=C\C(CNCc2ccnc(N3CCCCC3)c2)=C\OCCO1. The lowest BCUT2D eigenvalue weighted by atomic mass is 10.1. The second-order valence-corrected chi connectivity index (χ2v) is 6.72. The Hall–Kier alpha value is -2.27. The molecule has 2 aliphatic heterocycles. The van der Waals surface area contributed by atoms with Crippen molar-refractivity contribution in [3.8, 4) is 0 Å². The van der Waals surface area contributed by atoms with Crippen LogP contribution in [-0.4, -0.2) is 37.8 Å². The van der Waals surface area contributed by atoms with Crippen molar-refractivity contribution in [1.29, 1.82) is 0 Å². The van der Waals surface area contributed by atoms with Gasteiger partial charge in [0.15, 0.2) is 0 Å². The quantitative estimate of drug-likeness (QED) is 0.875. The molecule has 26 heavy (non-hydrogen) atoms. The molecule has 0 radical (unpaired) electrons. The first-order valence-corrected chi connectivity index (χ1v) is 9.50. The summed E-state index contributed by atoms with van der Waals surface area (Å²) in [5.41, 5.74) is 2.37. The highest BCUT2D eigenvalue weighted by Gasteiger charge is 2.12. The molecule has 0 amide bonds. The van der Waals surface area contributed by atoms with E-state index < -0.39 is 0 Å². The van der Waals surface area contributed by atoms with Crippen LogP contribution < -0.4 is 10.2 Å². The summed E-state index contributed by atoms with van der Waals surface area (Å²) in [5.74, 6) is 2.01. The van der Waals surface area contributed by atoms with E-state index in [-0.39, 0.29) is 0 Å². The van der Waals surface area contributed by atoms with E-state index in [1.807, 2.05) is 31.5 Å². The minimum absolute atomic E-state index is 0.562. The smallest absolute Gasteiger partial charge is 0.128 e. The molecule has 1 N–H and O–H groups in total. The molecule has 0 saturated carbocycles. The largest absolute Gasteiger partial charge is 0.497 e. The number of anilines is 1. The minimum Gasteiger partial charge on any atom is -0.497 e. The highest BCUT2D eigenvalue weighted by atomic mass is 16.5. The molecule has 140 valence electrons. The molecule has 1 aromatic heterocycles. The topological polar surface area (TPSA) is 46.6 Å². The first-order valence-electron chi connectivity index (χ1n) is 9.50. The lowest BCUT2D eigenvalue weighted by Crippen LogP contribution is -2.30. The van der Waals surface area contributed by atoms with Crippen LogP contribution in [0.3, 0.4) is 0 Å². The van der Waals surface area contributed by atoms with Gasteiger partial charge >= 0.3 is 0 Å². The molecule has 3 heterocycles. The molecule has 0 aromatic carbocycles. The first kappa shape index (κ1) is 18.5. The maximum absolute atomic E-state index is 5.55. The summed E-state index contributed by atoms with van der Waals surface area (Å²) in [7, 11) is 0. The van der Waals surface area contributed by atoms with E-state index in [9.17, 15) is 0 Å². The number of hydrogen-bond acceptors (Lipinski definition) is 5. The number of nitrogens with zero attached hydrogens (tertiary/aromatic N) is 2. The average molecular weight is 355 g/mol. The molecule has 0 spiro atoms. The van der Waals surface area contributed by atoms with Crippen LogP contribution in [0.5, 0.6) is 0 Å². The Bertz CT molecular complexity index is 661. The molecule has 0 atom stereocenters. The third kappa shape index (κ3) is 5.92. The summed E-state index contributed by atoms with van der Waals surface area (Å²) in [6, 6.07) is 4.29. The molecular weight excluding hydrogens is 326 g/mol. The number of pyridine rings is 1. The molecule has 3 rings (SSSR count). The van der Waals surface area contributed by atoms with Gasteiger partial charge in [0.1, 0.15) is 19.0 Å². The van der Waals surface area contributed by atoms with E-state index in [1.165, 1.54) is 24.8 Å². The van der Waals surface area contributed by atoms with Crippen LogP contribution in [0.4, 0.5) is 5.82 Å². The van der Waals surface area contributed by atoms with Crippen LogP contribution in [0.2, 0.25) is 0 Å². The van der Waals surface area contributed by atoms with Crippen LogP contribution in [0, 0.1) is 0 Å². The second kappa shape index (κ2) is 10.0. The molecule has 0 bridgehead atoms. The van der Waals surface area contributed by atoms with Crippen LogP contribution in [-0.2, 0) is 16.0 Å². The van der Waals surface area contributed by atoms with E-state index >= 15 is 0 Å². The van der Waals surface area contributed by atoms with Gasteiger partial charge in [-0.05, 0) is 50.0 Å². The van der Waals surface area contributed by atoms with Gasteiger partial charge in [0.2, 0.25) is 0 Å². The summed E-state index contributed by atoms with van der Waals surface area (Å²) in [5, 5.41) is 3.50. The predicted molar refractivity (Wildman–Crippen MR) is 105 cm³/mol. The monoisotopic (exact) mass is 355 g/mol. The fourth-order valence-electron chi connectivity index (χ4n) is 3.13. The van der Waals surface area contributed by atoms with E-state index in [0.717, 1.165) is 43.3 Å². The van der Waals surface area contributed by atoms with Gasteiger partial charge in [0.05, 0.1) is 12.0 Å². The maximum Gasteiger partial charge on any atom is 0.128 e. The standard InChI is InChI=1S/C21H29N3O2/c1-18-6-5-7-20(17-25-12-13-26-18)16-22-15-19-8-9-23-21(14-19)24-10-3-2-4-11-24/h5-9,14,17,22H,2-4,10-13,15-16H2,1H3/b7-5-,18-6+,20-17-. The van der Waals surface area contributed by atoms with Crippen LogP contribution in [0.1, 0.15) is 31.7 Å². The van der Waals surface area contributed by atoms with Gasteiger partial charge in [0.25, 0.3) is 0 Å². The third-order valence-corrected chi connectivity index (χ3v) is 4.56. The fraction of sp³-hybridized carbons (Fsp3) is 0.476. The Morgan fingerprint density at radius 1 is 1.15 bits per heavy atom. The zero-order chi connectivity index (χ0) is 18.0.